The summed E-state index contributed by atoms with van der Waals surface area (Å²) in [5, 5.41) is 5.21. The highest BCUT2D eigenvalue weighted by atomic mass is 31.2. The molecule has 0 bridgehead atoms. The van der Waals surface area contributed by atoms with Crippen LogP contribution in [0.25, 0.3) is 22.3 Å². The van der Waals surface area contributed by atoms with E-state index < -0.39 is 7.14 Å². The van der Waals surface area contributed by atoms with E-state index in [4.69, 9.17) is 14.2 Å². The molecule has 2 aliphatic rings. The minimum Gasteiger partial charge on any atom is -0.490 e. The number of hydrogen-bond acceptors (Lipinski definition) is 7. The molecule has 210 valence electrons. The first-order chi connectivity index (χ1) is 19.3. The number of anilines is 2. The zero-order valence-corrected chi connectivity index (χ0v) is 24.2. The van der Waals surface area contributed by atoms with E-state index >= 15 is 0 Å². The fourth-order valence-electron chi connectivity index (χ4n) is 5.50. The smallest absolute Gasteiger partial charge is 0.139 e. The zero-order chi connectivity index (χ0) is 27.7. The van der Waals surface area contributed by atoms with Gasteiger partial charge in [-0.25, -0.2) is 4.98 Å². The van der Waals surface area contributed by atoms with Crippen LogP contribution in [0.5, 0.6) is 11.5 Å². The van der Waals surface area contributed by atoms with Crippen LogP contribution >= 0.6 is 7.14 Å². The number of nitrogens with zero attached hydrogens (tertiary/aromatic N) is 2. The van der Waals surface area contributed by atoms with Crippen LogP contribution in [-0.2, 0) is 9.30 Å². The lowest BCUT2D eigenvalue weighted by Gasteiger charge is -2.29. The number of H-pyrrole nitrogens is 1. The molecule has 6 rings (SSSR count). The van der Waals surface area contributed by atoms with Crippen LogP contribution in [-0.4, -0.2) is 73.8 Å². The second-order valence-corrected chi connectivity index (χ2v) is 14.3. The van der Waals surface area contributed by atoms with Gasteiger partial charge in [-0.15, -0.1) is 0 Å². The van der Waals surface area contributed by atoms with Crippen LogP contribution in [0.4, 0.5) is 11.4 Å². The van der Waals surface area contributed by atoms with Crippen molar-refractivity contribution in [2.24, 2.45) is 0 Å². The summed E-state index contributed by atoms with van der Waals surface area (Å²) >= 11 is 0. The molecular formula is C31H37N4O4P. The standard InChI is InChI=1S/C31H37N4O4P/c1-35-16-12-23(13-17-35)38-22-9-7-21(8-10-22)28-19-25-26(11-15-32-31(25)34-28)33-27-5-4-6-29(30(27)40(2,3)36)39-24-14-18-37-20-24/h4-11,15,19,23-24H,12-14,16-18,20H2,1-3H3,(H2,32,33,34). The number of likely N-dealkylation sites (tertiary alicyclic amines) is 1. The summed E-state index contributed by atoms with van der Waals surface area (Å²) in [6, 6.07) is 18.1. The molecule has 0 amide bonds. The minimum atomic E-state index is -2.68. The summed E-state index contributed by atoms with van der Waals surface area (Å²) < 4.78 is 31.4. The number of nitrogens with one attached hydrogen (secondary N) is 2. The highest BCUT2D eigenvalue weighted by molar-refractivity contribution is 7.70. The Morgan fingerprint density at radius 2 is 1.80 bits per heavy atom. The van der Waals surface area contributed by atoms with Crippen LogP contribution in [0.2, 0.25) is 0 Å². The van der Waals surface area contributed by atoms with Crippen LogP contribution in [0.1, 0.15) is 19.3 Å². The highest BCUT2D eigenvalue weighted by Gasteiger charge is 2.26. The predicted octanol–water partition coefficient (Wildman–Crippen LogP) is 5.86. The predicted molar refractivity (Wildman–Crippen MR) is 161 cm³/mol. The Hall–Kier alpha value is -3.32. The average Bonchev–Trinajstić information content (AvgIpc) is 3.61. The molecule has 1 unspecified atom stereocenters. The van der Waals surface area contributed by atoms with Gasteiger partial charge in [0.25, 0.3) is 0 Å². The third-order valence-corrected chi connectivity index (χ3v) is 9.19. The minimum absolute atomic E-state index is 0.0263. The first-order valence-electron chi connectivity index (χ1n) is 14.0. The normalized spacial score (nSPS) is 18.7. The summed E-state index contributed by atoms with van der Waals surface area (Å²) in [7, 11) is -0.520. The SMILES string of the molecule is CN1CCC(Oc2ccc(-c3cc4c(Nc5cccc(OC6CCOC6)c5P(C)(C)=O)ccnc4[nH]3)cc2)CC1. The number of fused-ring (bicyclic) bond motifs is 1. The Labute approximate surface area is 235 Å². The van der Waals surface area contributed by atoms with Crippen molar-refractivity contribution in [3.8, 4) is 22.8 Å². The third-order valence-electron chi connectivity index (χ3n) is 7.65. The fourth-order valence-corrected chi connectivity index (χ4v) is 6.87. The molecule has 2 saturated heterocycles. The average molecular weight is 561 g/mol. The molecule has 40 heavy (non-hydrogen) atoms. The summed E-state index contributed by atoms with van der Waals surface area (Å²) in [5.74, 6) is 1.55. The molecule has 0 saturated carbocycles. The van der Waals surface area contributed by atoms with Crippen LogP contribution in [0, 0.1) is 0 Å². The number of hydrogen-bond donors (Lipinski definition) is 2. The summed E-state index contributed by atoms with van der Waals surface area (Å²) in [5.41, 5.74) is 4.46. The number of pyridine rings is 1. The van der Waals surface area contributed by atoms with Gasteiger partial charge in [0.1, 0.15) is 36.5 Å². The van der Waals surface area contributed by atoms with Gasteiger partial charge in [0.2, 0.25) is 0 Å². The quantitative estimate of drug-likeness (QED) is 0.261. The maximum absolute atomic E-state index is 13.5. The maximum atomic E-state index is 13.5. The van der Waals surface area contributed by atoms with Gasteiger partial charge in [-0.2, -0.15) is 0 Å². The monoisotopic (exact) mass is 560 g/mol. The van der Waals surface area contributed by atoms with Gasteiger partial charge in [0.15, 0.2) is 0 Å². The first kappa shape index (κ1) is 26.9. The van der Waals surface area contributed by atoms with E-state index in [1.54, 1.807) is 19.5 Å². The number of benzene rings is 2. The third kappa shape index (κ3) is 5.90. The van der Waals surface area contributed by atoms with Crippen molar-refractivity contribution in [1.29, 1.82) is 0 Å². The number of rotatable bonds is 8. The maximum Gasteiger partial charge on any atom is 0.139 e. The highest BCUT2D eigenvalue weighted by Crippen LogP contribution is 2.43. The molecule has 8 nitrogen and oxygen atoms in total. The molecule has 2 aliphatic heterocycles. The van der Waals surface area contributed by atoms with Crippen molar-refractivity contribution in [2.75, 3.05) is 52.0 Å². The van der Waals surface area contributed by atoms with Crippen molar-refractivity contribution in [1.82, 2.24) is 14.9 Å². The Morgan fingerprint density at radius 1 is 1.00 bits per heavy atom. The molecule has 9 heteroatoms. The fraction of sp³-hybridized carbons (Fsp3) is 0.387. The lowest BCUT2D eigenvalue weighted by atomic mass is 10.1. The van der Waals surface area contributed by atoms with Crippen molar-refractivity contribution in [3.05, 3.63) is 60.8 Å². The van der Waals surface area contributed by atoms with Crippen molar-refractivity contribution < 1.29 is 18.8 Å². The molecule has 2 aromatic heterocycles. The number of aromatic nitrogens is 2. The van der Waals surface area contributed by atoms with Gasteiger partial charge in [-0.05, 0) is 87.3 Å². The van der Waals surface area contributed by atoms with E-state index in [9.17, 15) is 4.57 Å². The van der Waals surface area contributed by atoms with E-state index in [0.29, 0.717) is 24.3 Å². The molecule has 1 atom stereocenters. The van der Waals surface area contributed by atoms with E-state index in [0.717, 1.165) is 71.8 Å². The topological polar surface area (TPSA) is 88.7 Å². The largest absolute Gasteiger partial charge is 0.490 e. The van der Waals surface area contributed by atoms with Gasteiger partial charge in [0, 0.05) is 36.8 Å². The van der Waals surface area contributed by atoms with Gasteiger partial charge in [0.05, 0.1) is 29.9 Å². The second-order valence-electron chi connectivity index (χ2n) is 11.2. The second kappa shape index (κ2) is 11.3. The molecule has 2 fully saturated rings. The van der Waals surface area contributed by atoms with E-state index in [1.165, 1.54) is 0 Å². The van der Waals surface area contributed by atoms with Gasteiger partial charge in [-0.3, -0.25) is 0 Å². The summed E-state index contributed by atoms with van der Waals surface area (Å²) in [6.07, 6.45) is 4.96. The molecule has 0 radical (unpaired) electrons. The van der Waals surface area contributed by atoms with Gasteiger partial charge in [-0.1, -0.05) is 6.07 Å². The van der Waals surface area contributed by atoms with Crippen LogP contribution < -0.4 is 20.1 Å². The van der Waals surface area contributed by atoms with Crippen LogP contribution in [0.15, 0.2) is 60.8 Å². The summed E-state index contributed by atoms with van der Waals surface area (Å²) in [4.78, 5) is 10.4. The van der Waals surface area contributed by atoms with E-state index in [1.807, 2.05) is 36.4 Å². The molecular weight excluding hydrogens is 523 g/mol. The van der Waals surface area contributed by atoms with E-state index in [2.05, 4.69) is 45.4 Å². The summed E-state index contributed by atoms with van der Waals surface area (Å²) in [6.45, 7) is 6.95. The van der Waals surface area contributed by atoms with Gasteiger partial charge < -0.3 is 34.0 Å². The molecule has 4 aromatic rings. The molecule has 4 heterocycles. The Balaban J connectivity index is 1.25. The van der Waals surface area contributed by atoms with Crippen molar-refractivity contribution in [3.63, 3.8) is 0 Å². The lowest BCUT2D eigenvalue weighted by Crippen LogP contribution is -2.35. The molecule has 2 aromatic carbocycles. The first-order valence-corrected chi connectivity index (χ1v) is 16.6. The van der Waals surface area contributed by atoms with Crippen molar-refractivity contribution in [2.45, 2.75) is 31.5 Å². The Morgan fingerprint density at radius 3 is 2.52 bits per heavy atom. The number of aromatic amines is 1. The Kier molecular flexibility index (Phi) is 7.58. The van der Waals surface area contributed by atoms with Gasteiger partial charge >= 0.3 is 0 Å². The zero-order valence-electron chi connectivity index (χ0n) is 23.4. The number of ether oxygens (including phenoxy) is 3. The Bertz CT molecular complexity index is 1520. The van der Waals surface area contributed by atoms with Crippen LogP contribution in [0.3, 0.4) is 0 Å². The van der Waals surface area contributed by atoms with E-state index in [-0.39, 0.29) is 12.2 Å². The molecule has 0 aliphatic carbocycles. The lowest BCUT2D eigenvalue weighted by molar-refractivity contribution is 0.114. The van der Waals surface area contributed by atoms with Crippen molar-refractivity contribution >= 4 is 34.9 Å². The molecule has 2 N–H and O–H groups in total. The number of piperidine rings is 1. The molecule has 0 spiro atoms.